The molecule has 1 heteroatoms. The van der Waals surface area contributed by atoms with Crippen LogP contribution >= 0.6 is 11.3 Å². The van der Waals surface area contributed by atoms with Crippen LogP contribution in [-0.4, -0.2) is 0 Å². The minimum Gasteiger partial charge on any atom is -0.143 e. The summed E-state index contributed by atoms with van der Waals surface area (Å²) in [5.74, 6) is 0.474. The zero-order chi connectivity index (χ0) is 11.7. The third-order valence-electron chi connectivity index (χ3n) is 4.18. The van der Waals surface area contributed by atoms with Crippen LogP contribution in [0.5, 0.6) is 0 Å². The number of allylic oxidation sites excluding steroid dienone is 1. The van der Waals surface area contributed by atoms with E-state index in [1.165, 1.54) is 37.9 Å². The first-order valence-electron chi connectivity index (χ1n) is 6.25. The molecule has 0 N–H and O–H groups in total. The van der Waals surface area contributed by atoms with E-state index in [1.807, 2.05) is 11.3 Å². The molecule has 2 aromatic carbocycles. The van der Waals surface area contributed by atoms with Crippen molar-refractivity contribution in [3.63, 3.8) is 0 Å². The van der Waals surface area contributed by atoms with Crippen LogP contribution in [0.4, 0.5) is 0 Å². The zero-order valence-corrected chi connectivity index (χ0v) is 10.5. The van der Waals surface area contributed by atoms with Crippen molar-refractivity contribution in [1.29, 1.82) is 0 Å². The Kier molecular flexibility index (Phi) is 1.48. The Morgan fingerprint density at radius 3 is 2.89 bits per heavy atom. The summed E-state index contributed by atoms with van der Waals surface area (Å²) < 4.78 is 1.42. The first kappa shape index (κ1) is 9.12. The first-order chi connectivity index (χ1) is 8.93. The standard InChI is InChI=1S/C17H10S/c1-3-10-7-8-13-11-5-2-6-15-17(11)14(9-18-15)12(4-1)16(10)13/h1-9,13H. The van der Waals surface area contributed by atoms with Crippen LogP contribution in [-0.2, 0) is 0 Å². The number of hydrogen-bond acceptors (Lipinski definition) is 1. The molecule has 0 nitrogen and oxygen atoms in total. The molecule has 18 heavy (non-hydrogen) atoms. The molecule has 0 saturated heterocycles. The molecule has 1 atom stereocenters. The molecule has 2 aliphatic rings. The van der Waals surface area contributed by atoms with Gasteiger partial charge in [-0.05, 0) is 33.7 Å². The highest BCUT2D eigenvalue weighted by Crippen LogP contribution is 2.51. The van der Waals surface area contributed by atoms with Gasteiger partial charge in [0.1, 0.15) is 0 Å². The summed E-state index contributed by atoms with van der Waals surface area (Å²) in [5, 5.41) is 3.79. The van der Waals surface area contributed by atoms with Gasteiger partial charge in [0, 0.05) is 21.6 Å². The van der Waals surface area contributed by atoms with Crippen LogP contribution < -0.4 is 0 Å². The van der Waals surface area contributed by atoms with Crippen molar-refractivity contribution in [2.24, 2.45) is 0 Å². The predicted octanol–water partition coefficient (Wildman–Crippen LogP) is 5.04. The van der Waals surface area contributed by atoms with Crippen molar-refractivity contribution in [3.8, 4) is 11.1 Å². The molecule has 1 unspecified atom stereocenters. The summed E-state index contributed by atoms with van der Waals surface area (Å²) in [5.41, 5.74) is 7.26. The molecule has 5 rings (SSSR count). The molecule has 0 amide bonds. The van der Waals surface area contributed by atoms with Crippen molar-refractivity contribution >= 4 is 27.5 Å². The second-order valence-corrected chi connectivity index (χ2v) is 5.93. The van der Waals surface area contributed by atoms with Gasteiger partial charge < -0.3 is 0 Å². The Balaban J connectivity index is 2.07. The highest BCUT2D eigenvalue weighted by molar-refractivity contribution is 7.17. The van der Waals surface area contributed by atoms with E-state index in [2.05, 4.69) is 53.9 Å². The largest absolute Gasteiger partial charge is 0.143 e. The van der Waals surface area contributed by atoms with Crippen molar-refractivity contribution < 1.29 is 0 Å². The maximum Gasteiger partial charge on any atom is 0.0352 e. The lowest BCUT2D eigenvalue weighted by Gasteiger charge is -2.22. The fourth-order valence-corrected chi connectivity index (χ4v) is 4.43. The van der Waals surface area contributed by atoms with E-state index in [0.717, 1.165) is 0 Å². The number of benzene rings is 2. The highest BCUT2D eigenvalue weighted by atomic mass is 32.1. The average molecular weight is 246 g/mol. The van der Waals surface area contributed by atoms with Gasteiger partial charge in [-0.1, -0.05) is 42.5 Å². The third kappa shape index (κ3) is 0.898. The first-order valence-corrected chi connectivity index (χ1v) is 7.13. The Hall–Kier alpha value is -1.86. The van der Waals surface area contributed by atoms with E-state index >= 15 is 0 Å². The number of rotatable bonds is 0. The van der Waals surface area contributed by atoms with E-state index in [1.54, 1.807) is 0 Å². The molecule has 2 aliphatic carbocycles. The number of hydrogen-bond donors (Lipinski definition) is 0. The number of thiophene rings is 1. The lowest BCUT2D eigenvalue weighted by molar-refractivity contribution is 1.06. The molecule has 0 bridgehead atoms. The molecule has 0 fully saturated rings. The third-order valence-corrected chi connectivity index (χ3v) is 5.12. The molecule has 1 heterocycles. The Bertz CT molecular complexity index is 836. The maximum absolute atomic E-state index is 2.35. The quantitative estimate of drug-likeness (QED) is 0.521. The van der Waals surface area contributed by atoms with Crippen molar-refractivity contribution in [1.82, 2.24) is 0 Å². The monoisotopic (exact) mass is 246 g/mol. The van der Waals surface area contributed by atoms with E-state index < -0.39 is 0 Å². The second-order valence-electron chi connectivity index (χ2n) is 5.02. The average Bonchev–Trinajstić information content (AvgIpc) is 3.01. The summed E-state index contributed by atoms with van der Waals surface area (Å²) >= 11 is 1.86. The van der Waals surface area contributed by atoms with Gasteiger partial charge in [0.15, 0.2) is 0 Å². The van der Waals surface area contributed by atoms with Crippen molar-refractivity contribution in [2.75, 3.05) is 0 Å². The van der Waals surface area contributed by atoms with Crippen LogP contribution in [0.2, 0.25) is 0 Å². The van der Waals surface area contributed by atoms with Gasteiger partial charge in [0.25, 0.3) is 0 Å². The molecule has 3 aromatic rings. The van der Waals surface area contributed by atoms with Crippen LogP contribution in [0, 0.1) is 0 Å². The van der Waals surface area contributed by atoms with Gasteiger partial charge in [-0.25, -0.2) is 0 Å². The summed E-state index contributed by atoms with van der Waals surface area (Å²) in [6, 6.07) is 13.4. The Morgan fingerprint density at radius 2 is 1.89 bits per heavy atom. The van der Waals surface area contributed by atoms with E-state index in [4.69, 9.17) is 0 Å². The SMILES string of the molecule is C1=CC2c3c1cccc3-c1csc3cccc2c13. The van der Waals surface area contributed by atoms with Gasteiger partial charge in [0.2, 0.25) is 0 Å². The summed E-state index contributed by atoms with van der Waals surface area (Å²) in [6.45, 7) is 0. The van der Waals surface area contributed by atoms with Gasteiger partial charge in [-0.15, -0.1) is 11.3 Å². The van der Waals surface area contributed by atoms with Crippen LogP contribution in [0.15, 0.2) is 47.9 Å². The van der Waals surface area contributed by atoms with Crippen LogP contribution in [0.25, 0.3) is 27.3 Å². The zero-order valence-electron chi connectivity index (χ0n) is 9.68. The Morgan fingerprint density at radius 1 is 0.944 bits per heavy atom. The summed E-state index contributed by atoms with van der Waals surface area (Å²) in [4.78, 5) is 0. The summed E-state index contributed by atoms with van der Waals surface area (Å²) in [7, 11) is 0. The molecule has 0 spiro atoms. The molecule has 1 aromatic heterocycles. The molecule has 84 valence electrons. The molecule has 0 aliphatic heterocycles. The van der Waals surface area contributed by atoms with Gasteiger partial charge in [0.05, 0.1) is 0 Å². The normalized spacial score (nSPS) is 18.3. The van der Waals surface area contributed by atoms with Gasteiger partial charge in [-0.3, -0.25) is 0 Å². The maximum atomic E-state index is 2.35. The van der Waals surface area contributed by atoms with Crippen molar-refractivity contribution in [3.05, 3.63) is 64.5 Å². The van der Waals surface area contributed by atoms with Gasteiger partial charge >= 0.3 is 0 Å². The minimum atomic E-state index is 0.474. The van der Waals surface area contributed by atoms with Gasteiger partial charge in [-0.2, -0.15) is 0 Å². The molecule has 0 radical (unpaired) electrons. The molecule has 0 saturated carbocycles. The smallest absolute Gasteiger partial charge is 0.0352 e. The lowest BCUT2D eigenvalue weighted by atomic mass is 9.80. The number of fused-ring (bicyclic) bond motifs is 2. The van der Waals surface area contributed by atoms with E-state index in [0.29, 0.717) is 5.92 Å². The Labute approximate surface area is 109 Å². The van der Waals surface area contributed by atoms with Crippen molar-refractivity contribution in [2.45, 2.75) is 5.92 Å². The fourth-order valence-electron chi connectivity index (χ4n) is 3.44. The van der Waals surface area contributed by atoms with Crippen LogP contribution in [0.1, 0.15) is 22.6 Å². The highest BCUT2D eigenvalue weighted by Gasteiger charge is 2.30. The van der Waals surface area contributed by atoms with E-state index in [-0.39, 0.29) is 0 Å². The molecular weight excluding hydrogens is 236 g/mol. The van der Waals surface area contributed by atoms with E-state index in [9.17, 15) is 0 Å². The second kappa shape index (κ2) is 2.93. The molecular formula is C17H10S. The predicted molar refractivity (Wildman–Crippen MR) is 78.1 cm³/mol. The van der Waals surface area contributed by atoms with Crippen LogP contribution in [0.3, 0.4) is 0 Å². The fraction of sp³-hybridized carbons (Fsp3) is 0.0588. The summed E-state index contributed by atoms with van der Waals surface area (Å²) in [6.07, 6.45) is 4.63. The lowest BCUT2D eigenvalue weighted by Crippen LogP contribution is -2.03. The topological polar surface area (TPSA) is 0 Å². The minimum absolute atomic E-state index is 0.474.